The van der Waals surface area contributed by atoms with Crippen molar-refractivity contribution in [3.63, 3.8) is 0 Å². The SMILES string of the molecule is COc1cc(-n2cc(CCl)nn2)ccc1Cl. The Morgan fingerprint density at radius 2 is 2.25 bits per heavy atom. The summed E-state index contributed by atoms with van der Waals surface area (Å²) in [5.74, 6) is 0.937. The first-order chi connectivity index (χ1) is 7.74. The number of alkyl halides is 1. The summed E-state index contributed by atoms with van der Waals surface area (Å²) in [6.07, 6.45) is 1.76. The van der Waals surface area contributed by atoms with E-state index in [0.29, 0.717) is 16.7 Å². The van der Waals surface area contributed by atoms with Crippen LogP contribution in [0, 0.1) is 0 Å². The zero-order valence-corrected chi connectivity index (χ0v) is 10.0. The number of hydrogen-bond acceptors (Lipinski definition) is 3. The molecule has 0 bridgehead atoms. The summed E-state index contributed by atoms with van der Waals surface area (Å²) in [5, 5.41) is 8.40. The molecule has 4 nitrogen and oxygen atoms in total. The van der Waals surface area contributed by atoms with Crippen molar-refractivity contribution >= 4 is 23.2 Å². The molecule has 0 aliphatic rings. The molecule has 0 amide bonds. The number of ether oxygens (including phenoxy) is 1. The van der Waals surface area contributed by atoms with Crippen molar-refractivity contribution in [2.45, 2.75) is 5.88 Å². The Morgan fingerprint density at radius 3 is 2.88 bits per heavy atom. The summed E-state index contributed by atoms with van der Waals surface area (Å²) < 4.78 is 6.74. The van der Waals surface area contributed by atoms with Crippen LogP contribution in [0.3, 0.4) is 0 Å². The van der Waals surface area contributed by atoms with Gasteiger partial charge < -0.3 is 4.74 Å². The number of halogens is 2. The van der Waals surface area contributed by atoms with E-state index in [1.54, 1.807) is 30.1 Å². The molecular formula is C10H9Cl2N3O. The molecule has 1 heterocycles. The predicted molar refractivity (Wildman–Crippen MR) is 62.5 cm³/mol. The first-order valence-corrected chi connectivity index (χ1v) is 5.47. The summed E-state index contributed by atoms with van der Waals surface area (Å²) in [5.41, 5.74) is 1.54. The van der Waals surface area contributed by atoms with Crippen molar-refractivity contribution in [1.82, 2.24) is 15.0 Å². The lowest BCUT2D eigenvalue weighted by molar-refractivity contribution is 0.414. The second kappa shape index (κ2) is 4.72. The molecule has 0 N–H and O–H groups in total. The smallest absolute Gasteiger partial charge is 0.139 e. The first-order valence-electron chi connectivity index (χ1n) is 4.55. The highest BCUT2D eigenvalue weighted by molar-refractivity contribution is 6.32. The van der Waals surface area contributed by atoms with Crippen LogP contribution in [-0.4, -0.2) is 22.1 Å². The lowest BCUT2D eigenvalue weighted by atomic mass is 10.3. The van der Waals surface area contributed by atoms with E-state index < -0.39 is 0 Å². The van der Waals surface area contributed by atoms with Gasteiger partial charge in [0, 0.05) is 6.07 Å². The van der Waals surface area contributed by atoms with Gasteiger partial charge in [-0.05, 0) is 12.1 Å². The van der Waals surface area contributed by atoms with Crippen molar-refractivity contribution in [1.29, 1.82) is 0 Å². The number of hydrogen-bond donors (Lipinski definition) is 0. The number of nitrogens with zero attached hydrogens (tertiary/aromatic N) is 3. The average molecular weight is 258 g/mol. The van der Waals surface area contributed by atoms with Crippen LogP contribution in [0.2, 0.25) is 5.02 Å². The van der Waals surface area contributed by atoms with Gasteiger partial charge in [-0.25, -0.2) is 4.68 Å². The predicted octanol–water partition coefficient (Wildman–Crippen LogP) is 2.67. The van der Waals surface area contributed by atoms with Crippen LogP contribution in [0.1, 0.15) is 5.69 Å². The maximum absolute atomic E-state index is 5.92. The third kappa shape index (κ3) is 2.13. The van der Waals surface area contributed by atoms with E-state index in [1.807, 2.05) is 6.07 Å². The van der Waals surface area contributed by atoms with Crippen LogP contribution in [0.15, 0.2) is 24.4 Å². The van der Waals surface area contributed by atoms with Crippen molar-refractivity contribution in [2.24, 2.45) is 0 Å². The molecule has 0 atom stereocenters. The molecule has 0 radical (unpaired) electrons. The summed E-state index contributed by atoms with van der Waals surface area (Å²) in [7, 11) is 1.57. The average Bonchev–Trinajstić information content (AvgIpc) is 2.78. The molecule has 0 aliphatic carbocycles. The summed E-state index contributed by atoms with van der Waals surface area (Å²) in [6.45, 7) is 0. The highest BCUT2D eigenvalue weighted by atomic mass is 35.5. The molecule has 0 unspecified atom stereocenters. The molecule has 0 saturated heterocycles. The fourth-order valence-electron chi connectivity index (χ4n) is 1.28. The maximum Gasteiger partial charge on any atom is 0.139 e. The fourth-order valence-corrected chi connectivity index (χ4v) is 1.59. The van der Waals surface area contributed by atoms with Crippen LogP contribution in [0.25, 0.3) is 5.69 Å². The van der Waals surface area contributed by atoms with Gasteiger partial charge in [0.05, 0.1) is 35.6 Å². The normalized spacial score (nSPS) is 10.4. The minimum atomic E-state index is 0.338. The molecule has 6 heteroatoms. The Balaban J connectivity index is 2.40. The Kier molecular flexibility index (Phi) is 3.31. The van der Waals surface area contributed by atoms with Gasteiger partial charge in [-0.3, -0.25) is 0 Å². The van der Waals surface area contributed by atoms with Crippen molar-refractivity contribution in [2.75, 3.05) is 7.11 Å². The zero-order chi connectivity index (χ0) is 11.5. The van der Waals surface area contributed by atoms with Gasteiger partial charge in [-0.1, -0.05) is 16.8 Å². The van der Waals surface area contributed by atoms with E-state index in [0.717, 1.165) is 11.4 Å². The molecule has 0 saturated carbocycles. The second-order valence-electron chi connectivity index (χ2n) is 3.11. The summed E-state index contributed by atoms with van der Waals surface area (Å²) in [6, 6.07) is 5.37. The topological polar surface area (TPSA) is 39.9 Å². The Hall–Kier alpha value is -1.26. The molecule has 1 aromatic heterocycles. The molecule has 2 aromatic rings. The molecule has 84 valence electrons. The van der Waals surface area contributed by atoms with Crippen LogP contribution in [-0.2, 0) is 5.88 Å². The van der Waals surface area contributed by atoms with Crippen LogP contribution in [0.4, 0.5) is 0 Å². The minimum Gasteiger partial charge on any atom is -0.495 e. The van der Waals surface area contributed by atoms with Gasteiger partial charge in [0.15, 0.2) is 0 Å². The number of aromatic nitrogens is 3. The van der Waals surface area contributed by atoms with Gasteiger partial charge in [-0.2, -0.15) is 0 Å². The first kappa shape index (κ1) is 11.2. The highest BCUT2D eigenvalue weighted by Gasteiger charge is 2.05. The third-order valence-electron chi connectivity index (χ3n) is 2.08. The summed E-state index contributed by atoms with van der Waals surface area (Å²) >= 11 is 11.6. The third-order valence-corrected chi connectivity index (χ3v) is 2.66. The molecule has 16 heavy (non-hydrogen) atoms. The molecule has 0 fully saturated rings. The number of benzene rings is 1. The zero-order valence-electron chi connectivity index (χ0n) is 8.52. The van der Waals surface area contributed by atoms with Crippen molar-refractivity contribution < 1.29 is 4.74 Å². The summed E-state index contributed by atoms with van der Waals surface area (Å²) in [4.78, 5) is 0. The van der Waals surface area contributed by atoms with E-state index in [-0.39, 0.29) is 0 Å². The van der Waals surface area contributed by atoms with E-state index in [1.165, 1.54) is 0 Å². The molecule has 2 rings (SSSR count). The van der Waals surface area contributed by atoms with Gasteiger partial charge in [-0.15, -0.1) is 16.7 Å². The lowest BCUT2D eigenvalue weighted by Crippen LogP contribution is -1.95. The largest absolute Gasteiger partial charge is 0.495 e. The number of methoxy groups -OCH3 is 1. The fraction of sp³-hybridized carbons (Fsp3) is 0.200. The van der Waals surface area contributed by atoms with Gasteiger partial charge in [0.25, 0.3) is 0 Å². The highest BCUT2D eigenvalue weighted by Crippen LogP contribution is 2.26. The lowest BCUT2D eigenvalue weighted by Gasteiger charge is -2.05. The number of rotatable bonds is 3. The van der Waals surface area contributed by atoms with E-state index >= 15 is 0 Å². The van der Waals surface area contributed by atoms with Gasteiger partial charge in [0.2, 0.25) is 0 Å². The van der Waals surface area contributed by atoms with Crippen LogP contribution in [0.5, 0.6) is 5.75 Å². The molecular weight excluding hydrogens is 249 g/mol. The Bertz CT molecular complexity index is 499. The van der Waals surface area contributed by atoms with Crippen molar-refractivity contribution in [3.8, 4) is 11.4 Å². The standard InChI is InChI=1S/C10H9Cl2N3O/c1-16-10-4-8(2-3-9(10)12)15-6-7(5-11)13-14-15/h2-4,6H,5H2,1H3. The van der Waals surface area contributed by atoms with E-state index in [2.05, 4.69) is 10.3 Å². The quantitative estimate of drug-likeness (QED) is 0.794. The Labute approximate surface area is 103 Å². The molecule has 0 spiro atoms. The minimum absolute atomic E-state index is 0.338. The molecule has 1 aromatic carbocycles. The van der Waals surface area contributed by atoms with Crippen LogP contribution < -0.4 is 4.74 Å². The van der Waals surface area contributed by atoms with Crippen LogP contribution >= 0.6 is 23.2 Å². The van der Waals surface area contributed by atoms with E-state index in [9.17, 15) is 0 Å². The maximum atomic E-state index is 5.92. The van der Waals surface area contributed by atoms with Gasteiger partial charge >= 0.3 is 0 Å². The van der Waals surface area contributed by atoms with E-state index in [4.69, 9.17) is 27.9 Å². The second-order valence-corrected chi connectivity index (χ2v) is 3.78. The van der Waals surface area contributed by atoms with Gasteiger partial charge in [0.1, 0.15) is 5.75 Å². The Morgan fingerprint density at radius 1 is 1.44 bits per heavy atom. The molecule has 0 aliphatic heterocycles. The van der Waals surface area contributed by atoms with Crippen molar-refractivity contribution in [3.05, 3.63) is 35.1 Å². The monoisotopic (exact) mass is 257 g/mol.